The standard InChI is InChI=1S/C13H15NO2/c1-2-16-11-7-5-10(6-8-11)13(15)12-4-3-9-14-12/h3-9,13-15H,2H2,1H3. The fourth-order valence-electron chi connectivity index (χ4n) is 1.61. The summed E-state index contributed by atoms with van der Waals surface area (Å²) in [6.07, 6.45) is 1.19. The molecule has 0 fully saturated rings. The molecule has 0 saturated carbocycles. The van der Waals surface area contributed by atoms with Crippen LogP contribution in [0.2, 0.25) is 0 Å². The maximum Gasteiger partial charge on any atom is 0.119 e. The van der Waals surface area contributed by atoms with Crippen LogP contribution < -0.4 is 4.74 Å². The van der Waals surface area contributed by atoms with Gasteiger partial charge in [-0.3, -0.25) is 0 Å². The maximum atomic E-state index is 10.0. The number of ether oxygens (including phenoxy) is 1. The molecule has 84 valence electrons. The first-order valence-corrected chi connectivity index (χ1v) is 5.35. The van der Waals surface area contributed by atoms with Crippen molar-refractivity contribution in [2.24, 2.45) is 0 Å². The van der Waals surface area contributed by atoms with Crippen LogP contribution in [0.1, 0.15) is 24.3 Å². The van der Waals surface area contributed by atoms with Crippen LogP contribution in [-0.2, 0) is 0 Å². The third-order valence-electron chi connectivity index (χ3n) is 2.42. The van der Waals surface area contributed by atoms with Gasteiger partial charge in [0, 0.05) is 11.9 Å². The van der Waals surface area contributed by atoms with Crippen LogP contribution in [0.15, 0.2) is 42.6 Å². The Kier molecular flexibility index (Phi) is 3.27. The van der Waals surface area contributed by atoms with Gasteiger partial charge in [0.2, 0.25) is 0 Å². The second-order valence-electron chi connectivity index (χ2n) is 3.53. The smallest absolute Gasteiger partial charge is 0.119 e. The molecular formula is C13H15NO2. The van der Waals surface area contributed by atoms with E-state index in [2.05, 4.69) is 4.98 Å². The van der Waals surface area contributed by atoms with E-state index in [-0.39, 0.29) is 0 Å². The molecule has 3 heteroatoms. The number of rotatable bonds is 4. The molecule has 0 aliphatic rings. The fraction of sp³-hybridized carbons (Fsp3) is 0.231. The summed E-state index contributed by atoms with van der Waals surface area (Å²) in [6.45, 7) is 2.60. The minimum absolute atomic E-state index is 0.606. The summed E-state index contributed by atoms with van der Waals surface area (Å²) in [4.78, 5) is 2.99. The highest BCUT2D eigenvalue weighted by Gasteiger charge is 2.10. The molecule has 0 saturated heterocycles. The predicted octanol–water partition coefficient (Wildman–Crippen LogP) is 2.50. The van der Waals surface area contributed by atoms with Gasteiger partial charge in [-0.25, -0.2) is 0 Å². The van der Waals surface area contributed by atoms with Crippen LogP contribution in [-0.4, -0.2) is 16.7 Å². The van der Waals surface area contributed by atoms with Gasteiger partial charge < -0.3 is 14.8 Å². The first-order chi connectivity index (χ1) is 7.81. The maximum absolute atomic E-state index is 10.0. The van der Waals surface area contributed by atoms with E-state index >= 15 is 0 Å². The summed E-state index contributed by atoms with van der Waals surface area (Å²) >= 11 is 0. The Balaban J connectivity index is 2.15. The molecule has 0 bridgehead atoms. The highest BCUT2D eigenvalue weighted by atomic mass is 16.5. The third-order valence-corrected chi connectivity index (χ3v) is 2.42. The highest BCUT2D eigenvalue weighted by molar-refractivity contribution is 5.32. The number of nitrogens with one attached hydrogen (secondary N) is 1. The van der Waals surface area contributed by atoms with Gasteiger partial charge in [-0.2, -0.15) is 0 Å². The summed E-state index contributed by atoms with van der Waals surface area (Å²) in [5, 5.41) is 10.0. The van der Waals surface area contributed by atoms with Gasteiger partial charge in [0.15, 0.2) is 0 Å². The van der Waals surface area contributed by atoms with E-state index in [0.717, 1.165) is 17.0 Å². The van der Waals surface area contributed by atoms with Crippen molar-refractivity contribution in [3.63, 3.8) is 0 Å². The lowest BCUT2D eigenvalue weighted by Gasteiger charge is -2.10. The van der Waals surface area contributed by atoms with Crippen LogP contribution in [0.3, 0.4) is 0 Å². The van der Waals surface area contributed by atoms with Gasteiger partial charge in [-0.1, -0.05) is 12.1 Å². The Hall–Kier alpha value is -1.74. The molecule has 0 aliphatic heterocycles. The minimum Gasteiger partial charge on any atom is -0.494 e. The lowest BCUT2D eigenvalue weighted by atomic mass is 10.1. The summed E-state index contributed by atoms with van der Waals surface area (Å²) in [7, 11) is 0. The molecule has 1 unspecified atom stereocenters. The number of hydrogen-bond acceptors (Lipinski definition) is 2. The van der Waals surface area contributed by atoms with Crippen molar-refractivity contribution in [2.45, 2.75) is 13.0 Å². The molecule has 0 amide bonds. The van der Waals surface area contributed by atoms with Gasteiger partial charge >= 0.3 is 0 Å². The first kappa shape index (κ1) is 10.8. The lowest BCUT2D eigenvalue weighted by molar-refractivity contribution is 0.216. The van der Waals surface area contributed by atoms with Crippen LogP contribution in [0, 0.1) is 0 Å². The summed E-state index contributed by atoms with van der Waals surface area (Å²) < 4.78 is 5.34. The van der Waals surface area contributed by atoms with Gasteiger partial charge in [-0.15, -0.1) is 0 Å². The van der Waals surface area contributed by atoms with Crippen molar-refractivity contribution in [3.05, 3.63) is 53.9 Å². The van der Waals surface area contributed by atoms with Crippen LogP contribution in [0.25, 0.3) is 0 Å². The van der Waals surface area contributed by atoms with Crippen molar-refractivity contribution in [1.29, 1.82) is 0 Å². The number of benzene rings is 1. The summed E-state index contributed by atoms with van der Waals surface area (Å²) in [5.74, 6) is 0.824. The molecule has 2 N–H and O–H groups in total. The van der Waals surface area contributed by atoms with Crippen molar-refractivity contribution in [3.8, 4) is 5.75 Å². The molecule has 16 heavy (non-hydrogen) atoms. The molecule has 1 aromatic carbocycles. The van der Waals surface area contributed by atoms with Gasteiger partial charge in [0.1, 0.15) is 11.9 Å². The number of aliphatic hydroxyl groups is 1. The molecule has 2 rings (SSSR count). The van der Waals surface area contributed by atoms with Crippen LogP contribution >= 0.6 is 0 Å². The molecule has 0 aliphatic carbocycles. The number of aromatic amines is 1. The molecule has 2 aromatic rings. The topological polar surface area (TPSA) is 45.2 Å². The fourth-order valence-corrected chi connectivity index (χ4v) is 1.61. The van der Waals surface area contributed by atoms with E-state index in [0.29, 0.717) is 6.61 Å². The van der Waals surface area contributed by atoms with Crippen molar-refractivity contribution >= 4 is 0 Å². The molecule has 1 heterocycles. The number of aromatic nitrogens is 1. The lowest BCUT2D eigenvalue weighted by Crippen LogP contribution is -2.00. The second-order valence-corrected chi connectivity index (χ2v) is 3.53. The van der Waals surface area contributed by atoms with E-state index in [1.54, 1.807) is 6.20 Å². The van der Waals surface area contributed by atoms with E-state index in [1.807, 2.05) is 43.3 Å². The van der Waals surface area contributed by atoms with Crippen molar-refractivity contribution < 1.29 is 9.84 Å². The normalized spacial score (nSPS) is 12.4. The minimum atomic E-state index is -0.606. The number of H-pyrrole nitrogens is 1. The number of aliphatic hydroxyl groups excluding tert-OH is 1. The van der Waals surface area contributed by atoms with E-state index in [1.165, 1.54) is 0 Å². The Morgan fingerprint density at radius 3 is 2.56 bits per heavy atom. The molecular weight excluding hydrogens is 202 g/mol. The van der Waals surface area contributed by atoms with E-state index < -0.39 is 6.10 Å². The molecule has 1 aromatic heterocycles. The van der Waals surface area contributed by atoms with Gasteiger partial charge in [0.25, 0.3) is 0 Å². The zero-order chi connectivity index (χ0) is 11.4. The van der Waals surface area contributed by atoms with Crippen molar-refractivity contribution in [1.82, 2.24) is 4.98 Å². The largest absolute Gasteiger partial charge is 0.494 e. The SMILES string of the molecule is CCOc1ccc(C(O)c2ccc[nH]2)cc1. The monoisotopic (exact) mass is 217 g/mol. The van der Waals surface area contributed by atoms with Crippen LogP contribution in [0.5, 0.6) is 5.75 Å². The Morgan fingerprint density at radius 2 is 2.00 bits per heavy atom. The van der Waals surface area contributed by atoms with Crippen LogP contribution in [0.4, 0.5) is 0 Å². The van der Waals surface area contributed by atoms with E-state index in [9.17, 15) is 5.11 Å². The highest BCUT2D eigenvalue weighted by Crippen LogP contribution is 2.22. The molecule has 0 radical (unpaired) electrons. The average molecular weight is 217 g/mol. The Morgan fingerprint density at radius 1 is 1.25 bits per heavy atom. The average Bonchev–Trinajstić information content (AvgIpc) is 2.83. The summed E-state index contributed by atoms with van der Waals surface area (Å²) in [5.41, 5.74) is 1.65. The number of hydrogen-bond donors (Lipinski definition) is 2. The zero-order valence-electron chi connectivity index (χ0n) is 9.18. The molecule has 1 atom stereocenters. The zero-order valence-corrected chi connectivity index (χ0v) is 9.18. The Bertz CT molecular complexity index is 420. The van der Waals surface area contributed by atoms with Gasteiger partial charge in [0.05, 0.1) is 6.61 Å². The first-order valence-electron chi connectivity index (χ1n) is 5.35. The van der Waals surface area contributed by atoms with E-state index in [4.69, 9.17) is 4.74 Å². The second kappa shape index (κ2) is 4.86. The predicted molar refractivity (Wildman–Crippen MR) is 62.5 cm³/mol. The van der Waals surface area contributed by atoms with Crippen molar-refractivity contribution in [2.75, 3.05) is 6.61 Å². The molecule has 0 spiro atoms. The quantitative estimate of drug-likeness (QED) is 0.826. The molecule has 3 nitrogen and oxygen atoms in total. The third kappa shape index (κ3) is 2.25. The Labute approximate surface area is 94.7 Å². The summed E-state index contributed by atoms with van der Waals surface area (Å²) in [6, 6.07) is 11.2. The van der Waals surface area contributed by atoms with Gasteiger partial charge in [-0.05, 0) is 36.8 Å².